The summed E-state index contributed by atoms with van der Waals surface area (Å²) in [5, 5.41) is 6.13. The molecule has 0 saturated heterocycles. The van der Waals surface area contributed by atoms with E-state index in [4.69, 9.17) is 10.3 Å². The Kier molecular flexibility index (Phi) is 5.20. The first kappa shape index (κ1) is 14.4. The molecule has 0 fully saturated rings. The van der Waals surface area contributed by atoms with E-state index in [0.29, 0.717) is 12.2 Å². The Morgan fingerprint density at radius 2 is 1.81 bits per heavy atom. The van der Waals surface area contributed by atoms with Crippen molar-refractivity contribution in [2.24, 2.45) is 5.11 Å². The first-order valence-electron chi connectivity index (χ1n) is 6.36. The summed E-state index contributed by atoms with van der Waals surface area (Å²) in [5.74, 6) is 0. The number of hydrogen-bond acceptors (Lipinski definition) is 3. The van der Waals surface area contributed by atoms with Crippen molar-refractivity contribution in [2.45, 2.75) is 13.2 Å². The first-order valence-corrected chi connectivity index (χ1v) is 6.36. The van der Waals surface area contributed by atoms with Crippen LogP contribution in [0.2, 0.25) is 0 Å². The highest BCUT2D eigenvalue weighted by atomic mass is 16.5. The van der Waals surface area contributed by atoms with Crippen LogP contribution in [0.4, 0.5) is 10.5 Å². The molecule has 6 heteroatoms. The zero-order valence-electron chi connectivity index (χ0n) is 11.3. The number of carbonyl (C=O) groups excluding carboxylic acids is 1. The second-order valence-corrected chi connectivity index (χ2v) is 4.27. The minimum absolute atomic E-state index is 0.239. The van der Waals surface area contributed by atoms with Gasteiger partial charge in [0, 0.05) is 17.1 Å². The molecule has 6 nitrogen and oxygen atoms in total. The predicted octanol–water partition coefficient (Wildman–Crippen LogP) is 4.05. The van der Waals surface area contributed by atoms with Crippen LogP contribution in [0.15, 0.2) is 59.7 Å². The summed E-state index contributed by atoms with van der Waals surface area (Å²) >= 11 is 0. The lowest BCUT2D eigenvalue weighted by Gasteiger charge is -2.07. The molecular formula is C15H14N4O2. The fraction of sp³-hybridized carbons (Fsp3) is 0.133. The molecule has 21 heavy (non-hydrogen) atoms. The van der Waals surface area contributed by atoms with Crippen LogP contribution in [-0.4, -0.2) is 6.09 Å². The lowest BCUT2D eigenvalue weighted by Crippen LogP contribution is -2.23. The number of hydrogen-bond donors (Lipinski definition) is 1. The summed E-state index contributed by atoms with van der Waals surface area (Å²) in [7, 11) is 0. The number of azide groups is 1. The van der Waals surface area contributed by atoms with Gasteiger partial charge in [0.05, 0.1) is 0 Å². The quantitative estimate of drug-likeness (QED) is 0.509. The van der Waals surface area contributed by atoms with Crippen molar-refractivity contribution in [1.29, 1.82) is 0 Å². The van der Waals surface area contributed by atoms with Crippen LogP contribution in [0.1, 0.15) is 11.1 Å². The number of benzene rings is 2. The number of alkyl carbamates (subject to hydrolysis) is 1. The Morgan fingerprint density at radius 1 is 1.10 bits per heavy atom. The second-order valence-electron chi connectivity index (χ2n) is 4.27. The number of rotatable bonds is 5. The van der Waals surface area contributed by atoms with Crippen molar-refractivity contribution < 1.29 is 9.53 Å². The highest BCUT2D eigenvalue weighted by Gasteiger charge is 2.02. The van der Waals surface area contributed by atoms with Gasteiger partial charge >= 0.3 is 6.09 Å². The molecule has 1 amide bonds. The van der Waals surface area contributed by atoms with Gasteiger partial charge in [0.2, 0.25) is 0 Å². The average molecular weight is 282 g/mol. The van der Waals surface area contributed by atoms with E-state index in [2.05, 4.69) is 15.3 Å². The van der Waals surface area contributed by atoms with Crippen LogP contribution in [0.3, 0.4) is 0 Å². The minimum Gasteiger partial charge on any atom is -0.445 e. The van der Waals surface area contributed by atoms with E-state index in [9.17, 15) is 4.79 Å². The molecule has 0 atom stereocenters. The van der Waals surface area contributed by atoms with Gasteiger partial charge in [-0.3, -0.25) is 0 Å². The molecule has 0 unspecified atom stereocenters. The van der Waals surface area contributed by atoms with Gasteiger partial charge in [0.1, 0.15) is 6.61 Å². The molecule has 2 aromatic rings. The Balaban J connectivity index is 1.77. The zero-order chi connectivity index (χ0) is 14.9. The first-order chi connectivity index (χ1) is 10.3. The predicted molar refractivity (Wildman–Crippen MR) is 78.7 cm³/mol. The highest BCUT2D eigenvalue weighted by Crippen LogP contribution is 2.12. The van der Waals surface area contributed by atoms with E-state index in [0.717, 1.165) is 11.1 Å². The van der Waals surface area contributed by atoms with Gasteiger partial charge in [-0.15, -0.1) is 0 Å². The monoisotopic (exact) mass is 282 g/mol. The molecule has 1 N–H and O–H groups in total. The molecule has 0 aliphatic carbocycles. The van der Waals surface area contributed by atoms with Crippen LogP contribution in [0.25, 0.3) is 10.4 Å². The molecule has 0 heterocycles. The average Bonchev–Trinajstić information content (AvgIpc) is 2.53. The van der Waals surface area contributed by atoms with E-state index in [1.165, 1.54) is 0 Å². The third-order valence-corrected chi connectivity index (χ3v) is 2.75. The summed E-state index contributed by atoms with van der Waals surface area (Å²) in [4.78, 5) is 14.3. The number of carbonyl (C=O) groups is 1. The summed E-state index contributed by atoms with van der Waals surface area (Å²) in [6.07, 6.45) is -0.474. The van der Waals surface area contributed by atoms with Gasteiger partial charge in [-0.05, 0) is 16.7 Å². The molecule has 0 radical (unpaired) electrons. The van der Waals surface area contributed by atoms with Gasteiger partial charge in [-0.25, -0.2) is 4.79 Å². The summed E-state index contributed by atoms with van der Waals surface area (Å²) in [5.41, 5.74) is 10.7. The summed E-state index contributed by atoms with van der Waals surface area (Å²) < 4.78 is 5.10. The highest BCUT2D eigenvalue weighted by molar-refractivity contribution is 5.67. The SMILES string of the molecule is [N-]=[N+]=Nc1ccc(CNC(=O)OCc2ccccc2)cc1. The number of ether oxygens (including phenoxy) is 1. The molecule has 106 valence electrons. The van der Waals surface area contributed by atoms with Crippen LogP contribution in [-0.2, 0) is 17.9 Å². The van der Waals surface area contributed by atoms with Gasteiger partial charge < -0.3 is 10.1 Å². The molecule has 0 bridgehead atoms. The smallest absolute Gasteiger partial charge is 0.407 e. The van der Waals surface area contributed by atoms with Crippen LogP contribution < -0.4 is 5.32 Å². The second kappa shape index (κ2) is 7.57. The van der Waals surface area contributed by atoms with Crippen molar-refractivity contribution in [3.8, 4) is 0 Å². The topological polar surface area (TPSA) is 87.1 Å². The third-order valence-electron chi connectivity index (χ3n) is 2.75. The maximum absolute atomic E-state index is 11.6. The van der Waals surface area contributed by atoms with Crippen molar-refractivity contribution >= 4 is 11.8 Å². The minimum atomic E-state index is -0.474. The van der Waals surface area contributed by atoms with Gasteiger partial charge in [-0.1, -0.05) is 59.7 Å². The standard InChI is InChI=1S/C15H14N4O2/c16-19-18-14-8-6-12(7-9-14)10-17-15(20)21-11-13-4-2-1-3-5-13/h1-9H,10-11H2,(H,17,20). The Hall–Kier alpha value is -2.98. The van der Waals surface area contributed by atoms with Crippen molar-refractivity contribution in [3.05, 3.63) is 76.2 Å². The Morgan fingerprint density at radius 3 is 2.48 bits per heavy atom. The molecule has 0 aliphatic heterocycles. The van der Waals surface area contributed by atoms with Gasteiger partial charge in [0.15, 0.2) is 0 Å². The van der Waals surface area contributed by atoms with E-state index in [1.807, 2.05) is 30.3 Å². The molecule has 0 aromatic heterocycles. The number of nitrogens with one attached hydrogen (secondary N) is 1. The van der Waals surface area contributed by atoms with E-state index in [1.54, 1.807) is 24.3 Å². The van der Waals surface area contributed by atoms with E-state index >= 15 is 0 Å². The van der Waals surface area contributed by atoms with Crippen molar-refractivity contribution in [1.82, 2.24) is 5.32 Å². The largest absolute Gasteiger partial charge is 0.445 e. The van der Waals surface area contributed by atoms with Crippen molar-refractivity contribution in [2.75, 3.05) is 0 Å². The Labute approximate surface area is 122 Å². The molecule has 0 spiro atoms. The maximum atomic E-state index is 11.6. The molecule has 0 aliphatic rings. The summed E-state index contributed by atoms with van der Waals surface area (Å²) in [6.45, 7) is 0.590. The fourth-order valence-corrected chi connectivity index (χ4v) is 1.68. The summed E-state index contributed by atoms with van der Waals surface area (Å²) in [6, 6.07) is 16.4. The lowest BCUT2D eigenvalue weighted by molar-refractivity contribution is 0.139. The third kappa shape index (κ3) is 4.89. The Bertz CT molecular complexity index is 634. The molecule has 2 aromatic carbocycles. The zero-order valence-corrected chi connectivity index (χ0v) is 11.3. The lowest BCUT2D eigenvalue weighted by atomic mass is 10.2. The van der Waals surface area contributed by atoms with Crippen LogP contribution >= 0.6 is 0 Å². The van der Waals surface area contributed by atoms with Gasteiger partial charge in [0.25, 0.3) is 0 Å². The van der Waals surface area contributed by atoms with E-state index in [-0.39, 0.29) is 6.61 Å². The fourth-order valence-electron chi connectivity index (χ4n) is 1.68. The number of nitrogens with zero attached hydrogens (tertiary/aromatic N) is 3. The normalized spacial score (nSPS) is 9.52. The van der Waals surface area contributed by atoms with E-state index < -0.39 is 6.09 Å². The molecule has 0 saturated carbocycles. The van der Waals surface area contributed by atoms with Crippen molar-refractivity contribution in [3.63, 3.8) is 0 Å². The maximum Gasteiger partial charge on any atom is 0.407 e. The van der Waals surface area contributed by atoms with Crippen LogP contribution in [0, 0.1) is 0 Å². The van der Waals surface area contributed by atoms with Gasteiger partial charge in [-0.2, -0.15) is 0 Å². The number of amides is 1. The van der Waals surface area contributed by atoms with Crippen LogP contribution in [0.5, 0.6) is 0 Å². The molecule has 2 rings (SSSR count). The molecular weight excluding hydrogens is 268 g/mol.